The summed E-state index contributed by atoms with van der Waals surface area (Å²) >= 11 is 6.15. The molecule has 4 heteroatoms. The number of hydrogen-bond acceptors (Lipinski definition) is 2. The van der Waals surface area contributed by atoms with Crippen molar-refractivity contribution in [2.24, 2.45) is 5.92 Å². The van der Waals surface area contributed by atoms with Crippen molar-refractivity contribution in [2.45, 2.75) is 51.7 Å². The first kappa shape index (κ1) is 18.4. The van der Waals surface area contributed by atoms with E-state index in [0.717, 1.165) is 37.1 Å². The van der Waals surface area contributed by atoms with Crippen LogP contribution in [0.25, 0.3) is 0 Å². The van der Waals surface area contributed by atoms with E-state index in [1.807, 2.05) is 32.0 Å². The summed E-state index contributed by atoms with van der Waals surface area (Å²) in [7, 11) is 0. The van der Waals surface area contributed by atoms with E-state index in [9.17, 15) is 4.79 Å². The van der Waals surface area contributed by atoms with Crippen molar-refractivity contribution in [3.63, 3.8) is 0 Å². The summed E-state index contributed by atoms with van der Waals surface area (Å²) in [6.07, 6.45) is 3.80. The largest absolute Gasteiger partial charge is 0.491 e. The molecule has 0 spiro atoms. The lowest BCUT2D eigenvalue weighted by Gasteiger charge is -2.25. The van der Waals surface area contributed by atoms with Crippen LogP contribution in [0.15, 0.2) is 42.5 Å². The van der Waals surface area contributed by atoms with E-state index in [4.69, 9.17) is 16.3 Å². The van der Waals surface area contributed by atoms with Gasteiger partial charge in [-0.25, -0.2) is 0 Å². The normalized spacial score (nSPS) is 21.8. The van der Waals surface area contributed by atoms with E-state index in [1.54, 1.807) is 0 Å². The monoisotopic (exact) mass is 383 g/mol. The highest BCUT2D eigenvalue weighted by atomic mass is 35.5. The average molecular weight is 384 g/mol. The minimum Gasteiger partial charge on any atom is -0.491 e. The van der Waals surface area contributed by atoms with Gasteiger partial charge in [-0.1, -0.05) is 41.9 Å². The lowest BCUT2D eigenvalue weighted by Crippen LogP contribution is -2.31. The second kappa shape index (κ2) is 7.55. The van der Waals surface area contributed by atoms with Gasteiger partial charge >= 0.3 is 0 Å². The molecular weight excluding hydrogens is 358 g/mol. The molecule has 0 aromatic heterocycles. The van der Waals surface area contributed by atoms with Crippen LogP contribution in [0.3, 0.4) is 0 Å². The van der Waals surface area contributed by atoms with Crippen LogP contribution in [0.4, 0.5) is 0 Å². The Morgan fingerprint density at radius 1 is 1.19 bits per heavy atom. The Morgan fingerprint density at radius 2 is 2.00 bits per heavy atom. The van der Waals surface area contributed by atoms with Crippen LogP contribution >= 0.6 is 11.6 Å². The number of aryl methyl sites for hydroxylation is 1. The minimum absolute atomic E-state index is 0.0217. The molecule has 0 N–H and O–H groups in total. The first-order chi connectivity index (χ1) is 13.0. The Labute approximate surface area is 166 Å². The molecule has 1 amide bonds. The Morgan fingerprint density at radius 3 is 2.81 bits per heavy atom. The Bertz CT molecular complexity index is 848. The number of benzene rings is 2. The van der Waals surface area contributed by atoms with Crippen LogP contribution in [0.2, 0.25) is 5.02 Å². The lowest BCUT2D eigenvalue weighted by molar-refractivity contribution is -0.133. The number of hydrogen-bond donors (Lipinski definition) is 0. The maximum atomic E-state index is 13.2. The smallest absolute Gasteiger partial charge is 0.226 e. The molecule has 0 saturated carbocycles. The summed E-state index contributed by atoms with van der Waals surface area (Å²) in [6.45, 7) is 4.85. The maximum Gasteiger partial charge on any atom is 0.226 e. The number of amides is 1. The zero-order chi connectivity index (χ0) is 19.0. The molecule has 1 fully saturated rings. The van der Waals surface area contributed by atoms with Gasteiger partial charge < -0.3 is 9.64 Å². The molecule has 0 bridgehead atoms. The maximum absolute atomic E-state index is 13.2. The second-order valence-corrected chi connectivity index (χ2v) is 8.33. The molecule has 1 aliphatic carbocycles. The number of likely N-dealkylation sites (tertiary alicyclic amines) is 1. The number of rotatable bonds is 5. The number of halogens is 1. The average Bonchev–Trinajstić information content (AvgIpc) is 3.21. The van der Waals surface area contributed by atoms with Gasteiger partial charge in [0, 0.05) is 17.5 Å². The van der Waals surface area contributed by atoms with Gasteiger partial charge in [-0.15, -0.1) is 0 Å². The van der Waals surface area contributed by atoms with E-state index in [-0.39, 0.29) is 24.0 Å². The summed E-state index contributed by atoms with van der Waals surface area (Å²) in [4.78, 5) is 15.3. The van der Waals surface area contributed by atoms with Crippen LogP contribution < -0.4 is 4.74 Å². The number of carbonyl (C=O) groups excluding carboxylic acids is 1. The third kappa shape index (κ3) is 3.70. The fraction of sp³-hybridized carbons (Fsp3) is 0.435. The van der Waals surface area contributed by atoms with Gasteiger partial charge in [0.15, 0.2) is 0 Å². The van der Waals surface area contributed by atoms with Crippen molar-refractivity contribution < 1.29 is 9.53 Å². The van der Waals surface area contributed by atoms with Crippen molar-refractivity contribution in [1.82, 2.24) is 4.90 Å². The summed E-state index contributed by atoms with van der Waals surface area (Å²) < 4.78 is 5.94. The molecule has 2 aromatic rings. The van der Waals surface area contributed by atoms with E-state index in [1.165, 1.54) is 11.1 Å². The van der Waals surface area contributed by atoms with Crippen molar-refractivity contribution in [3.05, 3.63) is 64.2 Å². The van der Waals surface area contributed by atoms with Crippen LogP contribution in [-0.4, -0.2) is 23.5 Å². The predicted molar refractivity (Wildman–Crippen MR) is 108 cm³/mol. The summed E-state index contributed by atoms with van der Waals surface area (Å²) in [5.41, 5.74) is 3.80. The molecule has 27 heavy (non-hydrogen) atoms. The summed E-state index contributed by atoms with van der Waals surface area (Å²) in [6, 6.07) is 14.5. The molecule has 1 saturated heterocycles. The van der Waals surface area contributed by atoms with Gasteiger partial charge in [-0.2, -0.15) is 0 Å². The number of fused-ring (bicyclic) bond motifs is 1. The van der Waals surface area contributed by atoms with Crippen molar-refractivity contribution >= 4 is 17.5 Å². The Hall–Kier alpha value is -2.00. The van der Waals surface area contributed by atoms with Crippen molar-refractivity contribution in [2.75, 3.05) is 6.54 Å². The third-order valence-electron chi connectivity index (χ3n) is 5.69. The Kier molecular flexibility index (Phi) is 5.14. The third-order valence-corrected chi connectivity index (χ3v) is 5.92. The van der Waals surface area contributed by atoms with Gasteiger partial charge in [-0.3, -0.25) is 4.79 Å². The summed E-state index contributed by atoms with van der Waals surface area (Å²) in [5.74, 6) is 1.10. The van der Waals surface area contributed by atoms with Gasteiger partial charge in [0.1, 0.15) is 5.75 Å². The zero-order valence-corrected chi connectivity index (χ0v) is 16.7. The summed E-state index contributed by atoms with van der Waals surface area (Å²) in [5, 5.41) is 0.663. The van der Waals surface area contributed by atoms with Crippen LogP contribution in [-0.2, 0) is 17.6 Å². The molecule has 2 aromatic carbocycles. The quantitative estimate of drug-likeness (QED) is 0.709. The first-order valence-electron chi connectivity index (χ1n) is 9.86. The molecule has 2 unspecified atom stereocenters. The highest BCUT2D eigenvalue weighted by Crippen LogP contribution is 2.40. The zero-order valence-electron chi connectivity index (χ0n) is 16.0. The predicted octanol–water partition coefficient (Wildman–Crippen LogP) is 5.21. The van der Waals surface area contributed by atoms with E-state index >= 15 is 0 Å². The number of nitrogens with zero attached hydrogens (tertiary/aromatic N) is 1. The first-order valence-corrected chi connectivity index (χ1v) is 10.2. The molecular formula is C23H26ClNO2. The molecule has 2 aliphatic rings. The van der Waals surface area contributed by atoms with Gasteiger partial charge in [0.05, 0.1) is 12.1 Å². The van der Waals surface area contributed by atoms with Gasteiger partial charge in [0.2, 0.25) is 5.91 Å². The van der Waals surface area contributed by atoms with Crippen LogP contribution in [0, 0.1) is 5.92 Å². The lowest BCUT2D eigenvalue weighted by atomic mass is 9.97. The van der Waals surface area contributed by atoms with Crippen molar-refractivity contribution in [1.29, 1.82) is 0 Å². The fourth-order valence-corrected chi connectivity index (χ4v) is 4.61. The van der Waals surface area contributed by atoms with E-state index in [0.29, 0.717) is 11.4 Å². The van der Waals surface area contributed by atoms with Crippen LogP contribution in [0.5, 0.6) is 5.75 Å². The number of ether oxygens (including phenoxy) is 1. The molecule has 2 atom stereocenters. The van der Waals surface area contributed by atoms with E-state index in [2.05, 4.69) is 29.2 Å². The molecule has 0 radical (unpaired) electrons. The second-order valence-electron chi connectivity index (χ2n) is 7.89. The molecule has 142 valence electrons. The molecule has 1 heterocycles. The van der Waals surface area contributed by atoms with E-state index < -0.39 is 0 Å². The highest BCUT2D eigenvalue weighted by Gasteiger charge is 2.39. The molecule has 4 rings (SSSR count). The SMILES string of the molecule is CC(C)Oc1cc(Cl)ccc1CC1CCN(C2CCc3ccccc32)C1=O. The number of carbonyl (C=O) groups is 1. The van der Waals surface area contributed by atoms with Gasteiger partial charge in [-0.05, 0) is 68.4 Å². The van der Waals surface area contributed by atoms with Crippen molar-refractivity contribution in [3.8, 4) is 5.75 Å². The molecule has 1 aliphatic heterocycles. The standard InChI is InChI=1S/C23H26ClNO2/c1-15(2)27-22-14-19(24)9-7-17(22)13-18-11-12-25(23(18)26)21-10-8-16-5-3-4-6-20(16)21/h3-7,9,14-15,18,21H,8,10-13H2,1-2H3. The molecule has 3 nitrogen and oxygen atoms in total. The topological polar surface area (TPSA) is 29.5 Å². The minimum atomic E-state index is 0.0217. The van der Waals surface area contributed by atoms with Gasteiger partial charge in [0.25, 0.3) is 0 Å². The fourth-order valence-electron chi connectivity index (χ4n) is 4.45. The highest BCUT2D eigenvalue weighted by molar-refractivity contribution is 6.30. The Balaban J connectivity index is 1.51. The van der Waals surface area contributed by atoms with Crippen LogP contribution in [0.1, 0.15) is 49.4 Å².